The number of fused-ring (bicyclic) bond motifs is 1. The molecule has 0 saturated carbocycles. The van der Waals surface area contributed by atoms with Crippen molar-refractivity contribution in [3.05, 3.63) is 75.2 Å². The van der Waals surface area contributed by atoms with Gasteiger partial charge in [0.1, 0.15) is 22.3 Å². The zero-order valence-electron chi connectivity index (χ0n) is 19.8. The van der Waals surface area contributed by atoms with Crippen LogP contribution in [0.4, 0.5) is 5.82 Å². The fourth-order valence-electron chi connectivity index (χ4n) is 4.58. The van der Waals surface area contributed by atoms with E-state index >= 15 is 0 Å². The van der Waals surface area contributed by atoms with E-state index in [0.717, 1.165) is 28.4 Å². The van der Waals surface area contributed by atoms with Crippen LogP contribution in [0.15, 0.2) is 47.4 Å². The highest BCUT2D eigenvalue weighted by atomic mass is 35.5. The summed E-state index contributed by atoms with van der Waals surface area (Å²) in [6, 6.07) is 12.3. The number of halogens is 2. The molecule has 190 valence electrons. The number of hydrogen-bond acceptors (Lipinski definition) is 7. The lowest BCUT2D eigenvalue weighted by molar-refractivity contribution is 0.122. The van der Waals surface area contributed by atoms with Crippen molar-refractivity contribution in [1.82, 2.24) is 14.3 Å². The number of aromatic nitrogens is 2. The summed E-state index contributed by atoms with van der Waals surface area (Å²) < 4.78 is 39.5. The molecule has 0 amide bonds. The van der Waals surface area contributed by atoms with Crippen LogP contribution >= 0.6 is 23.2 Å². The number of rotatable bonds is 6. The molecule has 36 heavy (non-hydrogen) atoms. The van der Waals surface area contributed by atoms with Gasteiger partial charge in [-0.2, -0.15) is 4.31 Å². The molecule has 0 aliphatic carbocycles. The molecule has 1 aromatic heterocycles. The second-order valence-electron chi connectivity index (χ2n) is 8.64. The number of hydrogen-bond donors (Lipinski definition) is 0. The van der Waals surface area contributed by atoms with Gasteiger partial charge in [0.15, 0.2) is 0 Å². The zero-order valence-corrected chi connectivity index (χ0v) is 22.1. The fraction of sp³-hybridized carbons (Fsp3) is 0.360. The van der Waals surface area contributed by atoms with Crippen LogP contribution in [-0.2, 0) is 34.1 Å². The van der Waals surface area contributed by atoms with Gasteiger partial charge < -0.3 is 14.4 Å². The first kappa shape index (κ1) is 25.2. The van der Waals surface area contributed by atoms with Gasteiger partial charge in [-0.3, -0.25) is 0 Å². The summed E-state index contributed by atoms with van der Waals surface area (Å²) in [5, 5.41) is 0.454. The molecule has 1 saturated heterocycles. The first-order chi connectivity index (χ1) is 17.4. The summed E-state index contributed by atoms with van der Waals surface area (Å²) in [5.74, 6) is 2.21. The van der Waals surface area contributed by atoms with Gasteiger partial charge in [0.05, 0.1) is 31.0 Å². The number of anilines is 1. The predicted octanol–water partition coefficient (Wildman–Crippen LogP) is 3.97. The molecule has 3 aromatic rings. The Labute approximate surface area is 220 Å². The lowest BCUT2D eigenvalue weighted by Crippen LogP contribution is -2.41. The van der Waals surface area contributed by atoms with Gasteiger partial charge in [-0.05, 0) is 24.3 Å². The highest BCUT2D eigenvalue weighted by Crippen LogP contribution is 2.34. The van der Waals surface area contributed by atoms with Crippen molar-refractivity contribution >= 4 is 39.0 Å². The number of ether oxygens (including phenoxy) is 2. The van der Waals surface area contributed by atoms with Gasteiger partial charge in [0, 0.05) is 55.2 Å². The molecule has 1 fully saturated rings. The monoisotopic (exact) mass is 548 g/mol. The topological polar surface area (TPSA) is 84.9 Å². The second-order valence-corrected chi connectivity index (χ2v) is 11.4. The molecule has 0 spiro atoms. The maximum atomic E-state index is 13.5. The van der Waals surface area contributed by atoms with E-state index in [1.807, 2.05) is 24.3 Å². The minimum Gasteiger partial charge on any atom is -0.496 e. The molecule has 5 rings (SSSR count). The highest BCUT2D eigenvalue weighted by molar-refractivity contribution is 7.89. The molecule has 2 aromatic carbocycles. The Kier molecular flexibility index (Phi) is 7.37. The molecule has 8 nitrogen and oxygen atoms in total. The molecule has 11 heteroatoms. The lowest BCUT2D eigenvalue weighted by atomic mass is 10.1. The fourth-order valence-corrected chi connectivity index (χ4v) is 6.72. The number of methoxy groups -OCH3 is 1. The van der Waals surface area contributed by atoms with Gasteiger partial charge >= 0.3 is 0 Å². The molecule has 0 N–H and O–H groups in total. The van der Waals surface area contributed by atoms with E-state index in [0.29, 0.717) is 50.0 Å². The molecule has 0 unspecified atom stereocenters. The predicted molar refractivity (Wildman–Crippen MR) is 139 cm³/mol. The minimum absolute atomic E-state index is 0.00162. The van der Waals surface area contributed by atoms with Crippen LogP contribution in [0.3, 0.4) is 0 Å². The molecular formula is C25H26Cl2N4O4S. The Morgan fingerprint density at radius 1 is 1.06 bits per heavy atom. The maximum absolute atomic E-state index is 13.5. The van der Waals surface area contributed by atoms with Crippen LogP contribution in [0.2, 0.25) is 10.0 Å². The maximum Gasteiger partial charge on any atom is 0.244 e. The first-order valence-electron chi connectivity index (χ1n) is 11.7. The molecule has 0 radical (unpaired) electrons. The Balaban J connectivity index is 1.53. The average Bonchev–Trinajstić information content (AvgIpc) is 2.90. The summed E-state index contributed by atoms with van der Waals surface area (Å²) in [5.41, 5.74) is 2.66. The van der Waals surface area contributed by atoms with Crippen molar-refractivity contribution in [2.75, 3.05) is 44.9 Å². The summed E-state index contributed by atoms with van der Waals surface area (Å²) in [7, 11) is -2.23. The Morgan fingerprint density at radius 2 is 1.83 bits per heavy atom. The van der Waals surface area contributed by atoms with Crippen LogP contribution in [0.25, 0.3) is 0 Å². The SMILES string of the molecule is COc1ccccc1Cc1nc2c(c(N3CCOCC3)n1)CN(S(=O)(=O)c1cc(Cl)ccc1Cl)CC2. The van der Waals surface area contributed by atoms with Crippen molar-refractivity contribution in [1.29, 1.82) is 0 Å². The van der Waals surface area contributed by atoms with E-state index in [1.165, 1.54) is 16.4 Å². The second kappa shape index (κ2) is 10.5. The first-order valence-corrected chi connectivity index (χ1v) is 13.8. The van der Waals surface area contributed by atoms with Gasteiger partial charge in [0.25, 0.3) is 0 Å². The quantitative estimate of drug-likeness (QED) is 0.460. The third kappa shape index (κ3) is 5.03. The number of benzene rings is 2. The van der Waals surface area contributed by atoms with E-state index in [2.05, 4.69) is 4.90 Å². The van der Waals surface area contributed by atoms with Crippen molar-refractivity contribution in [2.24, 2.45) is 0 Å². The standard InChI is InChI=1S/C25H26Cl2N4O4S/c1-34-22-5-3-2-4-17(22)14-24-28-21-8-9-31(36(32,33)23-15-18(26)6-7-20(23)27)16-19(21)25(29-24)30-10-12-35-13-11-30/h2-7,15H,8-14,16H2,1H3. The normalized spacial score (nSPS) is 16.6. The van der Waals surface area contributed by atoms with E-state index < -0.39 is 10.0 Å². The van der Waals surface area contributed by atoms with Crippen molar-refractivity contribution < 1.29 is 17.9 Å². The van der Waals surface area contributed by atoms with E-state index in [9.17, 15) is 8.42 Å². The summed E-state index contributed by atoms with van der Waals surface area (Å²) in [6.07, 6.45) is 0.973. The number of nitrogens with zero attached hydrogens (tertiary/aromatic N) is 4. The van der Waals surface area contributed by atoms with Crippen LogP contribution in [0.5, 0.6) is 5.75 Å². The number of morpholine rings is 1. The van der Waals surface area contributed by atoms with Crippen LogP contribution in [0, 0.1) is 0 Å². The highest BCUT2D eigenvalue weighted by Gasteiger charge is 2.34. The molecule has 2 aliphatic rings. The third-order valence-electron chi connectivity index (χ3n) is 6.41. The van der Waals surface area contributed by atoms with Crippen LogP contribution in [0.1, 0.15) is 22.6 Å². The Morgan fingerprint density at radius 3 is 2.61 bits per heavy atom. The van der Waals surface area contributed by atoms with E-state index in [1.54, 1.807) is 13.2 Å². The van der Waals surface area contributed by atoms with Crippen molar-refractivity contribution in [3.63, 3.8) is 0 Å². The zero-order chi connectivity index (χ0) is 25.3. The number of sulfonamides is 1. The lowest BCUT2D eigenvalue weighted by Gasteiger charge is -2.34. The third-order valence-corrected chi connectivity index (χ3v) is 8.97. The summed E-state index contributed by atoms with van der Waals surface area (Å²) in [4.78, 5) is 12.0. The Hall–Kier alpha value is -2.43. The average molecular weight is 549 g/mol. The van der Waals surface area contributed by atoms with Crippen molar-refractivity contribution in [2.45, 2.75) is 24.3 Å². The molecule has 0 atom stereocenters. The van der Waals surface area contributed by atoms with Gasteiger partial charge in [-0.25, -0.2) is 18.4 Å². The van der Waals surface area contributed by atoms with Crippen molar-refractivity contribution in [3.8, 4) is 5.75 Å². The smallest absolute Gasteiger partial charge is 0.244 e. The van der Waals surface area contributed by atoms with E-state index in [-0.39, 0.29) is 23.0 Å². The van der Waals surface area contributed by atoms with Gasteiger partial charge in [-0.15, -0.1) is 0 Å². The van der Waals surface area contributed by atoms with Crippen LogP contribution < -0.4 is 9.64 Å². The molecule has 0 bridgehead atoms. The molecule has 2 aliphatic heterocycles. The van der Waals surface area contributed by atoms with Gasteiger partial charge in [-0.1, -0.05) is 41.4 Å². The molecule has 3 heterocycles. The van der Waals surface area contributed by atoms with E-state index in [4.69, 9.17) is 42.6 Å². The number of para-hydroxylation sites is 1. The van der Waals surface area contributed by atoms with Gasteiger partial charge in [0.2, 0.25) is 10.0 Å². The summed E-state index contributed by atoms with van der Waals surface area (Å²) in [6.45, 7) is 2.95. The Bertz CT molecular complexity index is 1380. The molecular weight excluding hydrogens is 523 g/mol. The van der Waals surface area contributed by atoms with Crippen LogP contribution in [-0.4, -0.2) is 62.6 Å². The minimum atomic E-state index is -3.87. The largest absolute Gasteiger partial charge is 0.496 e. The summed E-state index contributed by atoms with van der Waals surface area (Å²) >= 11 is 12.3.